The Morgan fingerprint density at radius 3 is 2.57 bits per heavy atom. The molecule has 2 aromatic heterocycles. The van der Waals surface area contributed by atoms with Gasteiger partial charge in [-0.15, -0.1) is 0 Å². The smallest absolute Gasteiger partial charge is 0.277 e. The highest BCUT2D eigenvalue weighted by molar-refractivity contribution is 7.20. The molecule has 1 aliphatic rings. The number of benzene rings is 2. The summed E-state index contributed by atoms with van der Waals surface area (Å²) in [5.74, 6) is -2.29. The van der Waals surface area contributed by atoms with Gasteiger partial charge in [0.25, 0.3) is 5.56 Å². The number of H-pyrrole nitrogens is 1. The van der Waals surface area contributed by atoms with Crippen molar-refractivity contribution >= 4 is 39.1 Å². The number of thiazole rings is 1. The maximum Gasteiger partial charge on any atom is 0.277 e. The first-order valence-corrected chi connectivity index (χ1v) is 10.1. The van der Waals surface area contributed by atoms with Crippen LogP contribution in [0.1, 0.15) is 23.6 Å². The third-order valence-corrected chi connectivity index (χ3v) is 6.19. The van der Waals surface area contributed by atoms with E-state index in [4.69, 9.17) is 0 Å². The van der Waals surface area contributed by atoms with Gasteiger partial charge < -0.3 is 0 Å². The fourth-order valence-corrected chi connectivity index (χ4v) is 4.70. The molecule has 0 radical (unpaired) electrons. The minimum absolute atomic E-state index is 0.121. The molecular weight excluding hydrogens is 407 g/mol. The summed E-state index contributed by atoms with van der Waals surface area (Å²) in [6.45, 7) is 1.69. The van der Waals surface area contributed by atoms with Gasteiger partial charge in [0.15, 0.2) is 0 Å². The molecule has 1 fully saturated rings. The third kappa shape index (κ3) is 2.78. The summed E-state index contributed by atoms with van der Waals surface area (Å²) >= 11 is 1.35. The Kier molecular flexibility index (Phi) is 4.14. The average molecular weight is 422 g/mol. The number of nitrogens with one attached hydrogen (secondary N) is 1. The predicted molar refractivity (Wildman–Crippen MR) is 111 cm³/mol. The average Bonchev–Trinajstić information content (AvgIpc) is 3.36. The van der Waals surface area contributed by atoms with Crippen LogP contribution in [0, 0.1) is 12.7 Å². The van der Waals surface area contributed by atoms with E-state index in [2.05, 4.69) is 10.1 Å². The van der Waals surface area contributed by atoms with Gasteiger partial charge in [-0.05, 0) is 43.3 Å². The van der Waals surface area contributed by atoms with E-state index in [-0.39, 0.29) is 17.7 Å². The van der Waals surface area contributed by atoms with E-state index < -0.39 is 29.1 Å². The Labute approximate surface area is 173 Å². The van der Waals surface area contributed by atoms with Crippen molar-refractivity contribution < 1.29 is 14.0 Å². The topological polar surface area (TPSA) is 88.1 Å². The highest BCUT2D eigenvalue weighted by Gasteiger charge is 2.43. The number of hydrogen-bond acceptors (Lipinski definition) is 5. The predicted octanol–water partition coefficient (Wildman–Crippen LogP) is 3.27. The number of carbonyl (C=O) groups is 2. The standard InChI is InChI=1S/C21H15FN4O3S/c1-11-18(14-10-17(27)25(19(14)28)13-8-6-12(22)7-9-13)20(29)26(24-11)21-23-15-4-2-3-5-16(15)30-21/h2-9,14,24H,10H2,1H3/t14-/m0/s1. The number of hydrogen-bond donors (Lipinski definition) is 1. The quantitative estimate of drug-likeness (QED) is 0.514. The van der Waals surface area contributed by atoms with E-state index in [9.17, 15) is 18.8 Å². The summed E-state index contributed by atoms with van der Waals surface area (Å²) in [6, 6.07) is 12.6. The third-order valence-electron chi connectivity index (χ3n) is 5.17. The lowest BCUT2D eigenvalue weighted by Crippen LogP contribution is -2.31. The van der Waals surface area contributed by atoms with Crippen LogP contribution in [0.5, 0.6) is 0 Å². The zero-order chi connectivity index (χ0) is 21.0. The number of aromatic nitrogens is 3. The van der Waals surface area contributed by atoms with Crippen LogP contribution >= 0.6 is 11.3 Å². The summed E-state index contributed by atoms with van der Waals surface area (Å²) in [4.78, 5) is 44.2. The van der Waals surface area contributed by atoms with Crippen LogP contribution in [-0.2, 0) is 9.59 Å². The highest BCUT2D eigenvalue weighted by atomic mass is 32.1. The number of anilines is 1. The maximum absolute atomic E-state index is 13.2. The molecular formula is C21H15FN4O3S. The van der Waals surface area contributed by atoms with Crippen LogP contribution < -0.4 is 10.5 Å². The van der Waals surface area contributed by atoms with Crippen molar-refractivity contribution in [2.45, 2.75) is 19.3 Å². The molecule has 4 aromatic rings. The van der Waals surface area contributed by atoms with Gasteiger partial charge in [0.2, 0.25) is 16.9 Å². The van der Waals surface area contributed by atoms with E-state index in [1.165, 1.54) is 40.3 Å². The molecule has 30 heavy (non-hydrogen) atoms. The zero-order valence-corrected chi connectivity index (χ0v) is 16.6. The molecule has 3 heterocycles. The van der Waals surface area contributed by atoms with Crippen LogP contribution in [0.4, 0.5) is 10.1 Å². The van der Waals surface area contributed by atoms with Crippen molar-refractivity contribution in [3.05, 3.63) is 76.0 Å². The van der Waals surface area contributed by atoms with E-state index in [0.29, 0.717) is 10.8 Å². The molecule has 2 aromatic carbocycles. The molecule has 0 saturated carbocycles. The molecule has 0 unspecified atom stereocenters. The zero-order valence-electron chi connectivity index (χ0n) is 15.8. The summed E-state index contributed by atoms with van der Waals surface area (Å²) in [5, 5.41) is 3.45. The Morgan fingerprint density at radius 2 is 1.83 bits per heavy atom. The molecule has 9 heteroatoms. The number of halogens is 1. The summed E-state index contributed by atoms with van der Waals surface area (Å²) in [5.41, 5.74) is 1.41. The first-order chi connectivity index (χ1) is 14.4. The van der Waals surface area contributed by atoms with Crippen molar-refractivity contribution in [3.8, 4) is 5.13 Å². The van der Waals surface area contributed by atoms with Crippen molar-refractivity contribution in [2.24, 2.45) is 0 Å². The lowest BCUT2D eigenvalue weighted by molar-refractivity contribution is -0.121. The maximum atomic E-state index is 13.2. The van der Waals surface area contributed by atoms with Crippen LogP contribution in [0.15, 0.2) is 53.3 Å². The molecule has 150 valence electrons. The second-order valence-electron chi connectivity index (χ2n) is 7.06. The number of carbonyl (C=O) groups excluding carboxylic acids is 2. The molecule has 0 aliphatic carbocycles. The van der Waals surface area contributed by atoms with Gasteiger partial charge in [0.05, 0.1) is 27.4 Å². The molecule has 1 aliphatic heterocycles. The first kappa shape index (κ1) is 18.4. The van der Waals surface area contributed by atoms with E-state index in [0.717, 1.165) is 15.1 Å². The van der Waals surface area contributed by atoms with E-state index in [1.54, 1.807) is 6.92 Å². The first-order valence-electron chi connectivity index (χ1n) is 9.24. The molecule has 0 spiro atoms. The lowest BCUT2D eigenvalue weighted by Gasteiger charge is -2.14. The number of amides is 2. The van der Waals surface area contributed by atoms with Gasteiger partial charge in [0.1, 0.15) is 5.82 Å². The molecule has 5 rings (SSSR count). The monoisotopic (exact) mass is 422 g/mol. The second-order valence-corrected chi connectivity index (χ2v) is 8.06. The Morgan fingerprint density at radius 1 is 1.10 bits per heavy atom. The van der Waals surface area contributed by atoms with Crippen molar-refractivity contribution in [1.29, 1.82) is 0 Å². The van der Waals surface area contributed by atoms with Crippen molar-refractivity contribution in [1.82, 2.24) is 14.8 Å². The van der Waals surface area contributed by atoms with Crippen LogP contribution in [0.25, 0.3) is 15.3 Å². The summed E-state index contributed by atoms with van der Waals surface area (Å²) in [7, 11) is 0. The largest absolute Gasteiger partial charge is 0.293 e. The fourth-order valence-electron chi connectivity index (χ4n) is 3.78. The SMILES string of the molecule is Cc1[nH]n(-c2nc3ccccc3s2)c(=O)c1[C@@H]1CC(=O)N(c2ccc(F)cc2)C1=O. The Balaban J connectivity index is 1.55. The minimum atomic E-state index is -0.901. The highest BCUT2D eigenvalue weighted by Crippen LogP contribution is 2.33. The summed E-state index contributed by atoms with van der Waals surface area (Å²) < 4.78 is 15.5. The van der Waals surface area contributed by atoms with Gasteiger partial charge in [-0.2, -0.15) is 4.68 Å². The molecule has 1 atom stereocenters. The van der Waals surface area contributed by atoms with Crippen LogP contribution in [-0.4, -0.2) is 26.6 Å². The number of aryl methyl sites for hydroxylation is 1. The fraction of sp³-hybridized carbons (Fsp3) is 0.143. The molecule has 0 bridgehead atoms. The Hall–Kier alpha value is -3.59. The number of aromatic amines is 1. The van der Waals surface area contributed by atoms with Gasteiger partial charge in [-0.25, -0.2) is 14.3 Å². The van der Waals surface area contributed by atoms with E-state index in [1.807, 2.05) is 24.3 Å². The van der Waals surface area contributed by atoms with Crippen molar-refractivity contribution in [2.75, 3.05) is 4.90 Å². The number of imide groups is 1. The van der Waals surface area contributed by atoms with E-state index >= 15 is 0 Å². The number of nitrogens with zero attached hydrogens (tertiary/aromatic N) is 3. The number of fused-ring (bicyclic) bond motifs is 1. The number of rotatable bonds is 3. The molecule has 1 saturated heterocycles. The molecule has 7 nitrogen and oxygen atoms in total. The molecule has 2 amide bonds. The van der Waals surface area contributed by atoms with Gasteiger partial charge in [-0.1, -0.05) is 23.5 Å². The van der Waals surface area contributed by atoms with Gasteiger partial charge in [0, 0.05) is 12.1 Å². The second kappa shape index (κ2) is 6.74. The van der Waals surface area contributed by atoms with Crippen LogP contribution in [0.3, 0.4) is 0 Å². The molecule has 1 N–H and O–H groups in total. The Bertz CT molecular complexity index is 1340. The minimum Gasteiger partial charge on any atom is -0.293 e. The lowest BCUT2D eigenvalue weighted by atomic mass is 9.98. The summed E-state index contributed by atoms with van der Waals surface area (Å²) in [6.07, 6.45) is -0.121. The van der Waals surface area contributed by atoms with Crippen molar-refractivity contribution in [3.63, 3.8) is 0 Å². The van der Waals surface area contributed by atoms with Gasteiger partial charge >= 0.3 is 0 Å². The number of para-hydroxylation sites is 1. The normalized spacial score (nSPS) is 16.7. The van der Waals surface area contributed by atoms with Crippen LogP contribution in [0.2, 0.25) is 0 Å². The van der Waals surface area contributed by atoms with Gasteiger partial charge in [-0.3, -0.25) is 19.5 Å².